The van der Waals surface area contributed by atoms with Gasteiger partial charge < -0.3 is 20.4 Å². The van der Waals surface area contributed by atoms with Gasteiger partial charge in [-0.15, -0.1) is 11.3 Å². The summed E-state index contributed by atoms with van der Waals surface area (Å²) in [5.74, 6) is -0.0392. The van der Waals surface area contributed by atoms with Crippen LogP contribution in [0.25, 0.3) is 0 Å². The molecule has 1 aromatic heterocycles. The van der Waals surface area contributed by atoms with E-state index in [2.05, 4.69) is 27.0 Å². The molecule has 0 spiro atoms. The van der Waals surface area contributed by atoms with Crippen LogP contribution in [0.3, 0.4) is 0 Å². The maximum absolute atomic E-state index is 12.4. The van der Waals surface area contributed by atoms with Crippen LogP contribution < -0.4 is 10.6 Å². The summed E-state index contributed by atoms with van der Waals surface area (Å²) < 4.78 is 0. The SMILES string of the molecule is CC(=O)N[C@@H]1CCCN(C(=O)NC[C@H](c2cccs2)N(C)C)C1. The molecular formula is C16H26N4O2S. The molecule has 128 valence electrons. The Kier molecular flexibility index (Phi) is 6.41. The smallest absolute Gasteiger partial charge is 0.317 e. The minimum Gasteiger partial charge on any atom is -0.352 e. The minimum atomic E-state index is -0.0524. The summed E-state index contributed by atoms with van der Waals surface area (Å²) in [5, 5.41) is 7.99. The van der Waals surface area contributed by atoms with E-state index in [1.807, 2.05) is 20.2 Å². The lowest BCUT2D eigenvalue weighted by molar-refractivity contribution is -0.119. The number of hydrogen-bond acceptors (Lipinski definition) is 4. The lowest BCUT2D eigenvalue weighted by Gasteiger charge is -2.33. The highest BCUT2D eigenvalue weighted by Crippen LogP contribution is 2.22. The van der Waals surface area contributed by atoms with Crippen molar-refractivity contribution in [1.29, 1.82) is 0 Å². The molecular weight excluding hydrogens is 312 g/mol. The third-order valence-electron chi connectivity index (χ3n) is 4.06. The molecule has 2 heterocycles. The van der Waals surface area contributed by atoms with Crippen LogP contribution >= 0.6 is 11.3 Å². The second-order valence-corrected chi connectivity index (χ2v) is 7.15. The molecule has 2 N–H and O–H groups in total. The van der Waals surface area contributed by atoms with E-state index in [9.17, 15) is 9.59 Å². The zero-order chi connectivity index (χ0) is 16.8. The van der Waals surface area contributed by atoms with Crippen molar-refractivity contribution in [3.8, 4) is 0 Å². The molecule has 1 aromatic rings. The first kappa shape index (κ1) is 17.7. The molecule has 2 rings (SSSR count). The summed E-state index contributed by atoms with van der Waals surface area (Å²) in [4.78, 5) is 28.7. The van der Waals surface area contributed by atoms with Crippen molar-refractivity contribution >= 4 is 23.3 Å². The van der Waals surface area contributed by atoms with Crippen LogP contribution in [0.15, 0.2) is 17.5 Å². The lowest BCUT2D eigenvalue weighted by Crippen LogP contribution is -2.52. The zero-order valence-electron chi connectivity index (χ0n) is 14.0. The topological polar surface area (TPSA) is 64.7 Å². The molecule has 6 nitrogen and oxygen atoms in total. The Morgan fingerprint density at radius 1 is 1.48 bits per heavy atom. The molecule has 0 unspecified atom stereocenters. The highest BCUT2D eigenvalue weighted by Gasteiger charge is 2.25. The number of piperidine rings is 1. The molecule has 1 aliphatic rings. The van der Waals surface area contributed by atoms with Gasteiger partial charge in [-0.2, -0.15) is 0 Å². The summed E-state index contributed by atoms with van der Waals surface area (Å²) in [6, 6.07) is 4.31. The van der Waals surface area contributed by atoms with Crippen molar-refractivity contribution in [2.75, 3.05) is 33.7 Å². The largest absolute Gasteiger partial charge is 0.352 e. The van der Waals surface area contributed by atoms with Gasteiger partial charge in [0.25, 0.3) is 0 Å². The van der Waals surface area contributed by atoms with Crippen LogP contribution in [0.2, 0.25) is 0 Å². The van der Waals surface area contributed by atoms with Crippen LogP contribution in [-0.2, 0) is 4.79 Å². The van der Waals surface area contributed by atoms with Gasteiger partial charge in [0, 0.05) is 37.5 Å². The summed E-state index contributed by atoms with van der Waals surface area (Å²) in [5.41, 5.74) is 0. The Balaban J connectivity index is 1.87. The van der Waals surface area contributed by atoms with Gasteiger partial charge in [0.2, 0.25) is 5.91 Å². The van der Waals surface area contributed by atoms with Crippen LogP contribution in [0, 0.1) is 0 Å². The second kappa shape index (κ2) is 8.31. The van der Waals surface area contributed by atoms with Gasteiger partial charge >= 0.3 is 6.03 Å². The maximum atomic E-state index is 12.4. The van der Waals surface area contributed by atoms with Gasteiger partial charge in [-0.1, -0.05) is 6.07 Å². The van der Waals surface area contributed by atoms with Crippen molar-refractivity contribution in [2.45, 2.75) is 31.8 Å². The lowest BCUT2D eigenvalue weighted by atomic mass is 10.1. The van der Waals surface area contributed by atoms with Crippen molar-refractivity contribution in [1.82, 2.24) is 20.4 Å². The van der Waals surface area contributed by atoms with E-state index in [1.54, 1.807) is 16.2 Å². The van der Waals surface area contributed by atoms with Gasteiger partial charge in [0.15, 0.2) is 0 Å². The molecule has 0 aromatic carbocycles. The molecule has 1 saturated heterocycles. The average Bonchev–Trinajstić information content (AvgIpc) is 3.00. The predicted molar refractivity (Wildman–Crippen MR) is 92.6 cm³/mol. The van der Waals surface area contributed by atoms with E-state index in [1.165, 1.54) is 11.8 Å². The van der Waals surface area contributed by atoms with Crippen molar-refractivity contribution in [3.63, 3.8) is 0 Å². The molecule has 2 atom stereocenters. The number of urea groups is 1. The van der Waals surface area contributed by atoms with E-state index in [-0.39, 0.29) is 24.0 Å². The van der Waals surface area contributed by atoms with E-state index < -0.39 is 0 Å². The number of carbonyl (C=O) groups excluding carboxylic acids is 2. The van der Waals surface area contributed by atoms with Gasteiger partial charge in [-0.3, -0.25) is 4.79 Å². The van der Waals surface area contributed by atoms with Crippen molar-refractivity contribution < 1.29 is 9.59 Å². The van der Waals surface area contributed by atoms with Crippen LogP contribution in [0.4, 0.5) is 4.79 Å². The van der Waals surface area contributed by atoms with Gasteiger partial charge in [-0.25, -0.2) is 4.79 Å². The Labute approximate surface area is 141 Å². The third kappa shape index (κ3) is 5.21. The van der Waals surface area contributed by atoms with Gasteiger partial charge in [0.05, 0.1) is 6.04 Å². The molecule has 23 heavy (non-hydrogen) atoms. The van der Waals surface area contributed by atoms with Crippen molar-refractivity contribution in [2.24, 2.45) is 0 Å². The van der Waals surface area contributed by atoms with Crippen molar-refractivity contribution in [3.05, 3.63) is 22.4 Å². The number of hydrogen-bond donors (Lipinski definition) is 2. The number of carbonyl (C=O) groups is 2. The molecule has 0 saturated carbocycles. The van der Waals surface area contributed by atoms with E-state index in [0.717, 1.165) is 19.4 Å². The monoisotopic (exact) mass is 338 g/mol. The first-order valence-corrected chi connectivity index (χ1v) is 8.85. The summed E-state index contributed by atoms with van der Waals surface area (Å²) in [6.45, 7) is 3.42. The van der Waals surface area contributed by atoms with Gasteiger partial charge in [-0.05, 0) is 38.4 Å². The Hall–Kier alpha value is -1.60. The fourth-order valence-electron chi connectivity index (χ4n) is 2.88. The normalized spacial score (nSPS) is 19.5. The summed E-state index contributed by atoms with van der Waals surface area (Å²) in [6.07, 6.45) is 1.85. The number of thiophene rings is 1. The third-order valence-corrected chi connectivity index (χ3v) is 5.03. The number of amides is 3. The van der Waals surface area contributed by atoms with Crippen LogP contribution in [0.1, 0.15) is 30.7 Å². The maximum Gasteiger partial charge on any atom is 0.317 e. The van der Waals surface area contributed by atoms with E-state index in [0.29, 0.717) is 13.1 Å². The second-order valence-electron chi connectivity index (χ2n) is 6.17. The minimum absolute atomic E-state index is 0.0392. The van der Waals surface area contributed by atoms with Crippen LogP contribution in [-0.4, -0.2) is 61.5 Å². The molecule has 1 fully saturated rings. The number of nitrogens with zero attached hydrogens (tertiary/aromatic N) is 2. The molecule has 7 heteroatoms. The summed E-state index contributed by atoms with van der Waals surface area (Å²) >= 11 is 1.70. The fourth-order valence-corrected chi connectivity index (χ4v) is 3.80. The number of likely N-dealkylation sites (tertiary alicyclic amines) is 1. The Morgan fingerprint density at radius 2 is 2.26 bits per heavy atom. The quantitative estimate of drug-likeness (QED) is 0.858. The number of rotatable bonds is 5. The Morgan fingerprint density at radius 3 is 2.87 bits per heavy atom. The standard InChI is InChI=1S/C16H26N4O2S/c1-12(21)18-13-6-4-8-20(11-13)16(22)17-10-14(19(2)3)15-7-5-9-23-15/h5,7,9,13-14H,4,6,8,10-11H2,1-3H3,(H,17,22)(H,18,21)/t13-,14-/m1/s1. The molecule has 0 bridgehead atoms. The average molecular weight is 338 g/mol. The van der Waals surface area contributed by atoms with E-state index >= 15 is 0 Å². The van der Waals surface area contributed by atoms with Crippen LogP contribution in [0.5, 0.6) is 0 Å². The molecule has 0 aliphatic carbocycles. The van der Waals surface area contributed by atoms with E-state index in [4.69, 9.17) is 0 Å². The Bertz CT molecular complexity index is 518. The summed E-state index contributed by atoms with van der Waals surface area (Å²) in [7, 11) is 4.04. The fraction of sp³-hybridized carbons (Fsp3) is 0.625. The predicted octanol–water partition coefficient (Wildman–Crippen LogP) is 1.66. The highest BCUT2D eigenvalue weighted by molar-refractivity contribution is 7.10. The molecule has 0 radical (unpaired) electrons. The zero-order valence-corrected chi connectivity index (χ0v) is 14.9. The number of likely N-dealkylation sites (N-methyl/N-ethyl adjacent to an activating group) is 1. The van der Waals surface area contributed by atoms with Gasteiger partial charge in [0.1, 0.15) is 0 Å². The molecule has 3 amide bonds. The number of nitrogens with one attached hydrogen (secondary N) is 2. The first-order chi connectivity index (χ1) is 11.0. The highest BCUT2D eigenvalue weighted by atomic mass is 32.1. The first-order valence-electron chi connectivity index (χ1n) is 7.97. The molecule has 1 aliphatic heterocycles.